The van der Waals surface area contributed by atoms with Crippen LogP contribution in [0.2, 0.25) is 0 Å². The third-order valence-electron chi connectivity index (χ3n) is 4.56. The number of nitrogens with zero attached hydrogens (tertiary/aromatic N) is 1. The zero-order valence-electron chi connectivity index (χ0n) is 12.6. The van der Waals surface area contributed by atoms with E-state index in [9.17, 15) is 0 Å². The quantitative estimate of drug-likeness (QED) is 0.742. The first-order valence-electron chi connectivity index (χ1n) is 7.37. The van der Waals surface area contributed by atoms with Gasteiger partial charge in [0.1, 0.15) is 0 Å². The highest BCUT2D eigenvalue weighted by atomic mass is 15.2. The lowest BCUT2D eigenvalue weighted by Crippen LogP contribution is -2.58. The van der Waals surface area contributed by atoms with E-state index in [-0.39, 0.29) is 0 Å². The molecule has 2 nitrogen and oxygen atoms in total. The van der Waals surface area contributed by atoms with Gasteiger partial charge in [-0.3, -0.25) is 0 Å². The van der Waals surface area contributed by atoms with Gasteiger partial charge in [-0.1, -0.05) is 39.5 Å². The molecule has 1 fully saturated rings. The molecule has 1 aliphatic rings. The molecule has 1 atom stereocenters. The highest BCUT2D eigenvalue weighted by Gasteiger charge is 2.40. The largest absolute Gasteiger partial charge is 0.315 e. The molecule has 0 aromatic heterocycles. The number of likely N-dealkylation sites (N-methyl/N-ethyl adjacent to an activating group) is 2. The second-order valence-electron chi connectivity index (χ2n) is 6.38. The van der Waals surface area contributed by atoms with Crippen LogP contribution in [0.25, 0.3) is 0 Å². The molecule has 0 aromatic rings. The SMILES string of the molecule is CNC(CC(C)C)C1(N(C)C)CCCCCC1. The molecule has 1 saturated carbocycles. The molecule has 1 aliphatic carbocycles. The third kappa shape index (κ3) is 3.69. The van der Waals surface area contributed by atoms with E-state index >= 15 is 0 Å². The lowest BCUT2D eigenvalue weighted by molar-refractivity contribution is 0.0741. The maximum Gasteiger partial charge on any atom is 0.0356 e. The molecule has 17 heavy (non-hydrogen) atoms. The van der Waals surface area contributed by atoms with Gasteiger partial charge in [-0.05, 0) is 46.3 Å². The van der Waals surface area contributed by atoms with Crippen LogP contribution in [0, 0.1) is 5.92 Å². The molecule has 0 heterocycles. The Bertz CT molecular complexity index is 203. The van der Waals surface area contributed by atoms with E-state index in [1.807, 2.05) is 0 Å². The molecule has 0 spiro atoms. The van der Waals surface area contributed by atoms with E-state index in [2.05, 4.69) is 45.2 Å². The fraction of sp³-hybridized carbons (Fsp3) is 1.00. The highest BCUT2D eigenvalue weighted by Crippen LogP contribution is 2.36. The normalized spacial score (nSPS) is 22.8. The molecule has 0 amide bonds. The van der Waals surface area contributed by atoms with Crippen molar-refractivity contribution in [2.45, 2.75) is 70.4 Å². The first-order chi connectivity index (χ1) is 8.03. The molecule has 1 N–H and O–H groups in total. The van der Waals surface area contributed by atoms with E-state index in [0.29, 0.717) is 11.6 Å². The molecule has 2 heteroatoms. The lowest BCUT2D eigenvalue weighted by Gasteiger charge is -2.46. The summed E-state index contributed by atoms with van der Waals surface area (Å²) in [6.07, 6.45) is 9.65. The summed E-state index contributed by atoms with van der Waals surface area (Å²) in [5, 5.41) is 3.61. The predicted molar refractivity (Wildman–Crippen MR) is 76.4 cm³/mol. The predicted octanol–water partition coefficient (Wildman–Crippen LogP) is 3.28. The average Bonchev–Trinajstić information content (AvgIpc) is 2.51. The summed E-state index contributed by atoms with van der Waals surface area (Å²) in [5.41, 5.74) is 0.384. The number of nitrogens with one attached hydrogen (secondary N) is 1. The fourth-order valence-electron chi connectivity index (χ4n) is 3.53. The van der Waals surface area contributed by atoms with E-state index in [1.165, 1.54) is 44.9 Å². The summed E-state index contributed by atoms with van der Waals surface area (Å²) < 4.78 is 0. The minimum Gasteiger partial charge on any atom is -0.315 e. The summed E-state index contributed by atoms with van der Waals surface area (Å²) >= 11 is 0. The van der Waals surface area contributed by atoms with Crippen LogP contribution >= 0.6 is 0 Å². The summed E-state index contributed by atoms with van der Waals surface area (Å²) in [6, 6.07) is 0.635. The zero-order valence-corrected chi connectivity index (χ0v) is 12.6. The van der Waals surface area contributed by atoms with Gasteiger partial charge in [-0.2, -0.15) is 0 Å². The molecular formula is C15H32N2. The molecule has 0 aliphatic heterocycles. The second-order valence-corrected chi connectivity index (χ2v) is 6.38. The van der Waals surface area contributed by atoms with Crippen LogP contribution in [0.1, 0.15) is 58.8 Å². The summed E-state index contributed by atoms with van der Waals surface area (Å²) in [4.78, 5) is 2.50. The van der Waals surface area contributed by atoms with Crippen molar-refractivity contribution in [2.24, 2.45) is 5.92 Å². The minimum absolute atomic E-state index is 0.384. The van der Waals surface area contributed by atoms with Gasteiger partial charge in [0.25, 0.3) is 0 Å². The summed E-state index contributed by atoms with van der Waals surface area (Å²) in [6.45, 7) is 4.68. The van der Waals surface area contributed by atoms with Gasteiger partial charge in [-0.25, -0.2) is 0 Å². The Morgan fingerprint density at radius 1 is 1.06 bits per heavy atom. The molecule has 102 valence electrons. The third-order valence-corrected chi connectivity index (χ3v) is 4.56. The molecule has 1 rings (SSSR count). The van der Waals surface area contributed by atoms with Crippen molar-refractivity contribution in [1.29, 1.82) is 0 Å². The molecule has 0 aromatic carbocycles. The van der Waals surface area contributed by atoms with Gasteiger partial charge < -0.3 is 10.2 Å². The second kappa shape index (κ2) is 6.75. The Hall–Kier alpha value is -0.0800. The molecule has 1 unspecified atom stereocenters. The highest BCUT2D eigenvalue weighted by molar-refractivity contribution is 4.99. The van der Waals surface area contributed by atoms with Crippen molar-refractivity contribution in [1.82, 2.24) is 10.2 Å². The van der Waals surface area contributed by atoms with Crippen molar-refractivity contribution < 1.29 is 0 Å². The first kappa shape index (κ1) is 15.0. The Morgan fingerprint density at radius 3 is 1.94 bits per heavy atom. The van der Waals surface area contributed by atoms with Crippen LogP contribution in [0.5, 0.6) is 0 Å². The Labute approximate surface area is 108 Å². The monoisotopic (exact) mass is 240 g/mol. The van der Waals surface area contributed by atoms with Crippen LogP contribution in [0.15, 0.2) is 0 Å². The maximum absolute atomic E-state index is 3.61. The van der Waals surface area contributed by atoms with Gasteiger partial charge in [0.05, 0.1) is 0 Å². The standard InChI is InChI=1S/C15H32N2/c1-13(2)12-14(16-3)15(17(4)5)10-8-6-7-9-11-15/h13-14,16H,6-12H2,1-5H3. The van der Waals surface area contributed by atoms with Crippen LogP contribution in [-0.4, -0.2) is 37.6 Å². The van der Waals surface area contributed by atoms with Crippen LogP contribution < -0.4 is 5.32 Å². The van der Waals surface area contributed by atoms with E-state index in [1.54, 1.807) is 0 Å². The van der Waals surface area contributed by atoms with E-state index < -0.39 is 0 Å². The average molecular weight is 240 g/mol. The van der Waals surface area contributed by atoms with Gasteiger partial charge in [0.2, 0.25) is 0 Å². The maximum atomic E-state index is 3.61. The molecule has 0 saturated heterocycles. The van der Waals surface area contributed by atoms with Crippen molar-refractivity contribution in [3.63, 3.8) is 0 Å². The fourth-order valence-corrected chi connectivity index (χ4v) is 3.53. The van der Waals surface area contributed by atoms with Crippen LogP contribution in [0.3, 0.4) is 0 Å². The Kier molecular flexibility index (Phi) is 5.94. The minimum atomic E-state index is 0.384. The van der Waals surface area contributed by atoms with Crippen LogP contribution in [0.4, 0.5) is 0 Å². The van der Waals surface area contributed by atoms with Gasteiger partial charge in [-0.15, -0.1) is 0 Å². The first-order valence-corrected chi connectivity index (χ1v) is 7.37. The molecule has 0 radical (unpaired) electrons. The molecular weight excluding hydrogens is 208 g/mol. The number of rotatable bonds is 5. The Morgan fingerprint density at radius 2 is 1.59 bits per heavy atom. The van der Waals surface area contributed by atoms with Crippen LogP contribution in [-0.2, 0) is 0 Å². The Balaban J connectivity index is 2.86. The van der Waals surface area contributed by atoms with Crippen molar-refractivity contribution in [3.05, 3.63) is 0 Å². The van der Waals surface area contributed by atoms with E-state index in [4.69, 9.17) is 0 Å². The number of hydrogen-bond acceptors (Lipinski definition) is 2. The lowest BCUT2D eigenvalue weighted by atomic mass is 9.78. The van der Waals surface area contributed by atoms with Gasteiger partial charge >= 0.3 is 0 Å². The van der Waals surface area contributed by atoms with Gasteiger partial charge in [0, 0.05) is 11.6 Å². The number of hydrogen-bond donors (Lipinski definition) is 1. The van der Waals surface area contributed by atoms with Gasteiger partial charge in [0.15, 0.2) is 0 Å². The van der Waals surface area contributed by atoms with E-state index in [0.717, 1.165) is 5.92 Å². The smallest absolute Gasteiger partial charge is 0.0356 e. The topological polar surface area (TPSA) is 15.3 Å². The van der Waals surface area contributed by atoms with Crippen molar-refractivity contribution in [3.8, 4) is 0 Å². The van der Waals surface area contributed by atoms with Crippen molar-refractivity contribution in [2.75, 3.05) is 21.1 Å². The summed E-state index contributed by atoms with van der Waals surface area (Å²) in [5.74, 6) is 0.771. The van der Waals surface area contributed by atoms with Crippen molar-refractivity contribution >= 4 is 0 Å². The summed E-state index contributed by atoms with van der Waals surface area (Å²) in [7, 11) is 6.69. The molecule has 0 bridgehead atoms. The zero-order chi connectivity index (χ0) is 12.9.